The van der Waals surface area contributed by atoms with Crippen LogP contribution < -0.4 is 20.7 Å². The SMILES string of the molecule is CC1Cc2nc(N)c(N3CCC(Oc4ccc(F)cc4F)C(CC(F)F)C3)nc2CN1. The Bertz CT molecular complexity index is 944. The van der Waals surface area contributed by atoms with Crippen LogP contribution in [0.1, 0.15) is 31.2 Å². The van der Waals surface area contributed by atoms with Crippen LogP contribution in [0.25, 0.3) is 0 Å². The minimum absolute atomic E-state index is 0.146. The van der Waals surface area contributed by atoms with Gasteiger partial charge in [0.2, 0.25) is 6.43 Å². The van der Waals surface area contributed by atoms with Gasteiger partial charge in [0.25, 0.3) is 0 Å². The van der Waals surface area contributed by atoms with E-state index in [-0.39, 0.29) is 24.2 Å². The van der Waals surface area contributed by atoms with Crippen molar-refractivity contribution in [2.45, 2.75) is 51.3 Å². The number of piperidine rings is 1. The predicted molar refractivity (Wildman–Crippen MR) is 108 cm³/mol. The number of hydrogen-bond donors (Lipinski definition) is 2. The monoisotopic (exact) mass is 439 g/mol. The molecule has 2 aliphatic rings. The van der Waals surface area contributed by atoms with Crippen LogP contribution in [-0.4, -0.2) is 41.6 Å². The highest BCUT2D eigenvalue weighted by Gasteiger charge is 2.35. The molecule has 0 aliphatic carbocycles. The minimum atomic E-state index is -2.55. The second-order valence-corrected chi connectivity index (χ2v) is 8.16. The molecular weight excluding hydrogens is 414 g/mol. The lowest BCUT2D eigenvalue weighted by Crippen LogP contribution is -2.47. The number of nitrogens with one attached hydrogen (secondary N) is 1. The van der Waals surface area contributed by atoms with Gasteiger partial charge in [-0.1, -0.05) is 0 Å². The summed E-state index contributed by atoms with van der Waals surface area (Å²) >= 11 is 0. The van der Waals surface area contributed by atoms with Gasteiger partial charge in [-0.25, -0.2) is 27.5 Å². The summed E-state index contributed by atoms with van der Waals surface area (Å²) in [7, 11) is 0. The Labute approximate surface area is 177 Å². The molecule has 6 nitrogen and oxygen atoms in total. The first-order chi connectivity index (χ1) is 14.8. The fourth-order valence-electron chi connectivity index (χ4n) is 4.23. The quantitative estimate of drug-likeness (QED) is 0.697. The van der Waals surface area contributed by atoms with Gasteiger partial charge in [-0.3, -0.25) is 0 Å². The standard InChI is InChI=1S/C21H25F4N5O/c1-11-6-15-16(9-27-11)29-21(20(26)28-15)30-5-4-17(12(10-30)7-19(24)25)31-18-3-2-13(22)8-14(18)23/h2-3,8,11-12,17,19,27H,4-7,9-10H2,1H3,(H2,26,28). The van der Waals surface area contributed by atoms with Crippen LogP contribution in [0, 0.1) is 17.6 Å². The Morgan fingerprint density at radius 3 is 2.81 bits per heavy atom. The number of nitrogens with zero attached hydrogens (tertiary/aromatic N) is 3. The van der Waals surface area contributed by atoms with Crippen molar-refractivity contribution < 1.29 is 22.3 Å². The molecule has 10 heteroatoms. The molecule has 3 N–H and O–H groups in total. The van der Waals surface area contributed by atoms with E-state index in [0.717, 1.165) is 23.9 Å². The molecule has 0 radical (unpaired) electrons. The number of halogens is 4. The van der Waals surface area contributed by atoms with Crippen LogP contribution in [0.3, 0.4) is 0 Å². The van der Waals surface area contributed by atoms with Gasteiger partial charge in [-0.15, -0.1) is 0 Å². The molecule has 1 aromatic heterocycles. The van der Waals surface area contributed by atoms with Crippen LogP contribution in [0.2, 0.25) is 0 Å². The number of nitrogen functional groups attached to an aromatic ring is 1. The average Bonchev–Trinajstić information content (AvgIpc) is 2.70. The zero-order chi connectivity index (χ0) is 22.1. The number of benzene rings is 1. The van der Waals surface area contributed by atoms with Gasteiger partial charge < -0.3 is 20.7 Å². The number of alkyl halides is 2. The first-order valence-electron chi connectivity index (χ1n) is 10.3. The minimum Gasteiger partial charge on any atom is -0.487 e. The lowest BCUT2D eigenvalue weighted by atomic mass is 9.91. The van der Waals surface area contributed by atoms with Crippen LogP contribution in [0.15, 0.2) is 18.2 Å². The van der Waals surface area contributed by atoms with Crippen molar-refractivity contribution in [2.24, 2.45) is 5.92 Å². The molecule has 0 bridgehead atoms. The van der Waals surface area contributed by atoms with Gasteiger partial charge in [0.1, 0.15) is 11.9 Å². The number of rotatable bonds is 5. The van der Waals surface area contributed by atoms with Crippen molar-refractivity contribution in [1.29, 1.82) is 0 Å². The molecule has 2 aliphatic heterocycles. The molecular formula is C21H25F4N5O. The number of aromatic nitrogens is 2. The molecule has 1 saturated heterocycles. The summed E-state index contributed by atoms with van der Waals surface area (Å²) in [5, 5.41) is 3.32. The number of anilines is 2. The molecule has 4 rings (SSSR count). The van der Waals surface area contributed by atoms with Gasteiger partial charge in [0.05, 0.1) is 11.4 Å². The highest BCUT2D eigenvalue weighted by atomic mass is 19.3. The van der Waals surface area contributed by atoms with Crippen molar-refractivity contribution in [3.63, 3.8) is 0 Å². The second-order valence-electron chi connectivity index (χ2n) is 8.16. The van der Waals surface area contributed by atoms with Crippen molar-refractivity contribution >= 4 is 11.6 Å². The van der Waals surface area contributed by atoms with E-state index in [1.165, 1.54) is 6.07 Å². The first-order valence-corrected chi connectivity index (χ1v) is 10.3. The molecule has 168 valence electrons. The number of hydrogen-bond acceptors (Lipinski definition) is 6. The zero-order valence-electron chi connectivity index (χ0n) is 17.1. The Hall–Kier alpha value is -2.62. The van der Waals surface area contributed by atoms with Crippen LogP contribution >= 0.6 is 0 Å². The molecule has 31 heavy (non-hydrogen) atoms. The summed E-state index contributed by atoms with van der Waals surface area (Å²) in [6.07, 6.45) is -2.52. The highest BCUT2D eigenvalue weighted by Crippen LogP contribution is 2.33. The highest BCUT2D eigenvalue weighted by molar-refractivity contribution is 5.59. The lowest BCUT2D eigenvalue weighted by molar-refractivity contribution is 0.0483. The fraction of sp³-hybridized carbons (Fsp3) is 0.524. The van der Waals surface area contributed by atoms with E-state index in [4.69, 9.17) is 10.5 Å². The average molecular weight is 439 g/mol. The van der Waals surface area contributed by atoms with E-state index in [9.17, 15) is 17.6 Å². The largest absolute Gasteiger partial charge is 0.487 e. The van der Waals surface area contributed by atoms with E-state index in [2.05, 4.69) is 22.2 Å². The number of ether oxygens (including phenoxy) is 1. The maximum absolute atomic E-state index is 14.0. The van der Waals surface area contributed by atoms with E-state index < -0.39 is 36.5 Å². The first kappa shape index (κ1) is 21.6. The van der Waals surface area contributed by atoms with Crippen molar-refractivity contribution in [3.8, 4) is 5.75 Å². The maximum Gasteiger partial charge on any atom is 0.239 e. The summed E-state index contributed by atoms with van der Waals surface area (Å²) < 4.78 is 59.4. The van der Waals surface area contributed by atoms with Crippen molar-refractivity contribution in [2.75, 3.05) is 23.7 Å². The maximum atomic E-state index is 14.0. The Balaban J connectivity index is 1.54. The third kappa shape index (κ3) is 4.84. The molecule has 0 amide bonds. The summed E-state index contributed by atoms with van der Waals surface area (Å²) in [5.41, 5.74) is 7.81. The Morgan fingerprint density at radius 2 is 2.06 bits per heavy atom. The Kier molecular flexibility index (Phi) is 6.17. The van der Waals surface area contributed by atoms with E-state index in [1.807, 2.05) is 4.90 Å². The van der Waals surface area contributed by atoms with Crippen LogP contribution in [-0.2, 0) is 13.0 Å². The summed E-state index contributed by atoms with van der Waals surface area (Å²) in [4.78, 5) is 11.0. The molecule has 1 aromatic carbocycles. The molecule has 3 atom stereocenters. The van der Waals surface area contributed by atoms with Gasteiger partial charge in [-0.2, -0.15) is 0 Å². The summed E-state index contributed by atoms with van der Waals surface area (Å²) in [6, 6.07) is 3.25. The number of nitrogens with two attached hydrogens (primary N) is 1. The van der Waals surface area contributed by atoms with E-state index in [1.54, 1.807) is 0 Å². The van der Waals surface area contributed by atoms with Gasteiger partial charge in [0.15, 0.2) is 23.2 Å². The topological polar surface area (TPSA) is 76.3 Å². The third-order valence-electron chi connectivity index (χ3n) is 5.79. The second kappa shape index (κ2) is 8.86. The molecule has 0 saturated carbocycles. The third-order valence-corrected chi connectivity index (χ3v) is 5.79. The molecule has 2 aromatic rings. The Morgan fingerprint density at radius 1 is 1.26 bits per heavy atom. The molecule has 0 spiro atoms. The predicted octanol–water partition coefficient (Wildman–Crippen LogP) is 3.30. The van der Waals surface area contributed by atoms with E-state index >= 15 is 0 Å². The van der Waals surface area contributed by atoms with Crippen LogP contribution in [0.5, 0.6) is 5.75 Å². The lowest BCUT2D eigenvalue weighted by Gasteiger charge is -2.39. The molecule has 3 unspecified atom stereocenters. The summed E-state index contributed by atoms with van der Waals surface area (Å²) in [6.45, 7) is 3.28. The molecule has 1 fully saturated rings. The summed E-state index contributed by atoms with van der Waals surface area (Å²) in [5.74, 6) is -1.58. The zero-order valence-corrected chi connectivity index (χ0v) is 17.1. The molecule has 3 heterocycles. The van der Waals surface area contributed by atoms with Gasteiger partial charge in [0, 0.05) is 56.9 Å². The van der Waals surface area contributed by atoms with E-state index in [0.29, 0.717) is 31.4 Å². The van der Waals surface area contributed by atoms with Crippen molar-refractivity contribution in [3.05, 3.63) is 41.2 Å². The van der Waals surface area contributed by atoms with Crippen molar-refractivity contribution in [1.82, 2.24) is 15.3 Å². The van der Waals surface area contributed by atoms with Gasteiger partial charge in [-0.05, 0) is 19.1 Å². The van der Waals surface area contributed by atoms with Gasteiger partial charge >= 0.3 is 0 Å². The normalized spacial score (nSPS) is 23.7. The smallest absolute Gasteiger partial charge is 0.239 e. The van der Waals surface area contributed by atoms with Crippen LogP contribution in [0.4, 0.5) is 29.2 Å². The number of fused-ring (bicyclic) bond motifs is 1. The fourth-order valence-corrected chi connectivity index (χ4v) is 4.23.